The van der Waals surface area contributed by atoms with E-state index >= 15 is 0 Å². The number of anilines is 1. The number of benzene rings is 3. The van der Waals surface area contributed by atoms with Gasteiger partial charge in [-0.2, -0.15) is 0 Å². The predicted octanol–water partition coefficient (Wildman–Crippen LogP) is 3.45. The van der Waals surface area contributed by atoms with E-state index in [1.807, 2.05) is 30.3 Å². The molecule has 0 aliphatic rings. The van der Waals surface area contributed by atoms with E-state index in [0.29, 0.717) is 12.3 Å². The number of methoxy groups -OCH3 is 2. The van der Waals surface area contributed by atoms with Gasteiger partial charge in [-0.15, -0.1) is 0 Å². The van der Waals surface area contributed by atoms with Crippen molar-refractivity contribution in [2.75, 3.05) is 31.6 Å². The Kier molecular flexibility index (Phi) is 9.72. The van der Waals surface area contributed by atoms with Gasteiger partial charge in [0.05, 0.1) is 24.8 Å². The third-order valence-electron chi connectivity index (χ3n) is 5.98. The summed E-state index contributed by atoms with van der Waals surface area (Å²) in [6.07, 6.45) is 0. The van der Waals surface area contributed by atoms with Gasteiger partial charge < -0.3 is 19.7 Å². The Bertz CT molecular complexity index is 1330. The average Bonchev–Trinajstić information content (AvgIpc) is 2.94. The lowest BCUT2D eigenvalue weighted by atomic mass is 10.1. The fourth-order valence-corrected chi connectivity index (χ4v) is 5.35. The number of nitrogens with one attached hydrogen (secondary N) is 1. The molecule has 10 heteroatoms. The smallest absolute Gasteiger partial charge is 0.264 e. The third kappa shape index (κ3) is 6.63. The minimum atomic E-state index is -4.22. The molecule has 0 bridgehead atoms. The maximum Gasteiger partial charge on any atom is 0.264 e. The third-order valence-corrected chi connectivity index (χ3v) is 7.75. The number of sulfonamides is 1. The Balaban J connectivity index is 2.10. The molecule has 3 rings (SSSR count). The number of ether oxygens (including phenoxy) is 2. The highest BCUT2D eigenvalue weighted by Crippen LogP contribution is 2.35. The van der Waals surface area contributed by atoms with Crippen LogP contribution in [0.5, 0.6) is 11.5 Å². The molecule has 0 aromatic heterocycles. The molecule has 0 aliphatic heterocycles. The van der Waals surface area contributed by atoms with E-state index in [4.69, 9.17) is 9.47 Å². The molecule has 0 heterocycles. The van der Waals surface area contributed by atoms with Gasteiger partial charge >= 0.3 is 0 Å². The largest absolute Gasteiger partial charge is 0.497 e. The van der Waals surface area contributed by atoms with E-state index in [0.717, 1.165) is 9.87 Å². The summed E-state index contributed by atoms with van der Waals surface area (Å²) in [7, 11) is -1.34. The molecule has 38 heavy (non-hydrogen) atoms. The van der Waals surface area contributed by atoms with Crippen LogP contribution in [0, 0.1) is 0 Å². The summed E-state index contributed by atoms with van der Waals surface area (Å²) in [6.45, 7) is 3.35. The first-order valence-corrected chi connectivity index (χ1v) is 13.6. The number of nitrogens with zero attached hydrogens (tertiary/aromatic N) is 2. The molecule has 202 valence electrons. The van der Waals surface area contributed by atoms with E-state index in [9.17, 15) is 18.0 Å². The van der Waals surface area contributed by atoms with Crippen LogP contribution in [0.3, 0.4) is 0 Å². The predicted molar refractivity (Wildman–Crippen MR) is 146 cm³/mol. The first-order valence-electron chi connectivity index (χ1n) is 12.1. The molecule has 2 amide bonds. The zero-order valence-corrected chi connectivity index (χ0v) is 22.8. The number of hydrogen-bond donors (Lipinski definition) is 1. The van der Waals surface area contributed by atoms with E-state index in [1.54, 1.807) is 44.2 Å². The van der Waals surface area contributed by atoms with Crippen molar-refractivity contribution in [2.24, 2.45) is 0 Å². The highest BCUT2D eigenvalue weighted by atomic mass is 32.2. The second-order valence-corrected chi connectivity index (χ2v) is 10.3. The van der Waals surface area contributed by atoms with Gasteiger partial charge in [0, 0.05) is 19.2 Å². The molecule has 1 unspecified atom stereocenters. The van der Waals surface area contributed by atoms with Crippen molar-refractivity contribution in [3.05, 3.63) is 84.4 Å². The van der Waals surface area contributed by atoms with E-state index in [-0.39, 0.29) is 28.8 Å². The molecule has 0 spiro atoms. The molecular formula is C28H33N3O6S. The van der Waals surface area contributed by atoms with E-state index in [1.165, 1.54) is 37.3 Å². The van der Waals surface area contributed by atoms with Crippen molar-refractivity contribution in [1.29, 1.82) is 0 Å². The second kappa shape index (κ2) is 13.0. The molecule has 0 saturated heterocycles. The molecule has 3 aromatic carbocycles. The summed E-state index contributed by atoms with van der Waals surface area (Å²) in [6, 6.07) is 20.9. The van der Waals surface area contributed by atoms with Crippen LogP contribution in [0.25, 0.3) is 0 Å². The van der Waals surface area contributed by atoms with Crippen molar-refractivity contribution in [3.8, 4) is 11.5 Å². The number of carbonyl (C=O) groups excluding carboxylic acids is 2. The fourth-order valence-electron chi connectivity index (χ4n) is 3.91. The topological polar surface area (TPSA) is 105 Å². The standard InChI is InChI=1S/C28H33N3O6S/c1-5-29-28(33)21(2)30(19-22-12-8-6-9-13-22)27(32)20-31(38(34,35)24-14-10-7-11-15-24)25-18-23(36-3)16-17-26(25)37-4/h6-18,21H,5,19-20H2,1-4H3,(H,29,33). The average molecular weight is 540 g/mol. The van der Waals surface area contributed by atoms with E-state index in [2.05, 4.69) is 5.32 Å². The summed E-state index contributed by atoms with van der Waals surface area (Å²) in [5.74, 6) is -0.270. The van der Waals surface area contributed by atoms with Crippen LogP contribution in [0.15, 0.2) is 83.8 Å². The minimum Gasteiger partial charge on any atom is -0.497 e. The Morgan fingerprint density at radius 1 is 0.921 bits per heavy atom. The Labute approximate surface area is 224 Å². The van der Waals surface area contributed by atoms with Crippen molar-refractivity contribution in [3.63, 3.8) is 0 Å². The minimum absolute atomic E-state index is 0.00376. The van der Waals surface area contributed by atoms with Crippen LogP contribution < -0.4 is 19.1 Å². The summed E-state index contributed by atoms with van der Waals surface area (Å²) >= 11 is 0. The Hall–Kier alpha value is -4.05. The molecule has 0 radical (unpaired) electrons. The molecule has 9 nitrogen and oxygen atoms in total. The number of likely N-dealkylation sites (N-methyl/N-ethyl adjacent to an activating group) is 1. The van der Waals surface area contributed by atoms with Crippen molar-refractivity contribution < 1.29 is 27.5 Å². The quantitative estimate of drug-likeness (QED) is 0.378. The van der Waals surface area contributed by atoms with Gasteiger partial charge in [-0.1, -0.05) is 48.5 Å². The number of carbonyl (C=O) groups is 2. The van der Waals surface area contributed by atoms with Crippen LogP contribution in [-0.4, -0.2) is 58.5 Å². The lowest BCUT2D eigenvalue weighted by Gasteiger charge is -2.32. The van der Waals surface area contributed by atoms with Gasteiger partial charge in [0.15, 0.2) is 0 Å². The number of hydrogen-bond acceptors (Lipinski definition) is 6. The molecule has 1 N–H and O–H groups in total. The maximum atomic E-state index is 13.9. The maximum absolute atomic E-state index is 13.9. The molecule has 0 aliphatic carbocycles. The summed E-state index contributed by atoms with van der Waals surface area (Å²) < 4.78 is 39.6. The van der Waals surface area contributed by atoms with Crippen molar-refractivity contribution in [2.45, 2.75) is 31.3 Å². The van der Waals surface area contributed by atoms with Gasteiger partial charge in [-0.05, 0) is 43.7 Å². The summed E-state index contributed by atoms with van der Waals surface area (Å²) in [5.41, 5.74) is 0.933. The Morgan fingerprint density at radius 2 is 1.55 bits per heavy atom. The Morgan fingerprint density at radius 3 is 2.13 bits per heavy atom. The zero-order chi connectivity index (χ0) is 27.7. The van der Waals surface area contributed by atoms with Gasteiger partial charge in [-0.25, -0.2) is 8.42 Å². The lowest BCUT2D eigenvalue weighted by Crippen LogP contribution is -2.51. The van der Waals surface area contributed by atoms with Crippen LogP contribution in [0.2, 0.25) is 0 Å². The van der Waals surface area contributed by atoms with Crippen molar-refractivity contribution >= 4 is 27.5 Å². The first kappa shape index (κ1) is 28.5. The molecule has 0 saturated carbocycles. The second-order valence-electron chi connectivity index (χ2n) is 8.44. The lowest BCUT2D eigenvalue weighted by molar-refractivity contribution is -0.139. The molecule has 0 fully saturated rings. The summed E-state index contributed by atoms with van der Waals surface area (Å²) in [4.78, 5) is 28.0. The molecule has 3 aromatic rings. The van der Waals surface area contributed by atoms with Gasteiger partial charge in [0.2, 0.25) is 11.8 Å². The van der Waals surface area contributed by atoms with Crippen LogP contribution in [0.1, 0.15) is 19.4 Å². The summed E-state index contributed by atoms with van der Waals surface area (Å²) in [5, 5.41) is 2.74. The zero-order valence-electron chi connectivity index (χ0n) is 22.0. The molecular weight excluding hydrogens is 506 g/mol. The number of amides is 2. The highest BCUT2D eigenvalue weighted by molar-refractivity contribution is 7.92. The highest BCUT2D eigenvalue weighted by Gasteiger charge is 2.34. The fraction of sp³-hybridized carbons (Fsp3) is 0.286. The van der Waals surface area contributed by atoms with Gasteiger partial charge in [-0.3, -0.25) is 13.9 Å². The monoisotopic (exact) mass is 539 g/mol. The SMILES string of the molecule is CCNC(=O)C(C)N(Cc1ccccc1)C(=O)CN(c1cc(OC)ccc1OC)S(=O)(=O)c1ccccc1. The van der Waals surface area contributed by atoms with E-state index < -0.39 is 28.5 Å². The number of rotatable bonds is 12. The van der Waals surface area contributed by atoms with Crippen LogP contribution >= 0.6 is 0 Å². The normalized spacial score (nSPS) is 11.8. The van der Waals surface area contributed by atoms with Crippen LogP contribution in [0.4, 0.5) is 5.69 Å². The van der Waals surface area contributed by atoms with Crippen molar-refractivity contribution in [1.82, 2.24) is 10.2 Å². The van der Waals surface area contributed by atoms with Crippen LogP contribution in [-0.2, 0) is 26.2 Å². The van der Waals surface area contributed by atoms with Gasteiger partial charge in [0.1, 0.15) is 24.1 Å². The molecule has 1 atom stereocenters. The van der Waals surface area contributed by atoms with Gasteiger partial charge in [0.25, 0.3) is 10.0 Å². The first-order chi connectivity index (χ1) is 18.2.